The number of ether oxygens (including phenoxy) is 2. The van der Waals surface area contributed by atoms with Crippen molar-refractivity contribution in [3.63, 3.8) is 0 Å². The lowest BCUT2D eigenvalue weighted by Gasteiger charge is -2.19. The highest BCUT2D eigenvalue weighted by molar-refractivity contribution is 6.30. The van der Waals surface area contributed by atoms with E-state index in [0.717, 1.165) is 5.56 Å². The number of carbonyl (C=O) groups is 2. The van der Waals surface area contributed by atoms with Gasteiger partial charge in [-0.25, -0.2) is 0 Å². The van der Waals surface area contributed by atoms with Crippen LogP contribution in [0.4, 0.5) is 0 Å². The number of hydrogen-bond donors (Lipinski definition) is 1. The first-order chi connectivity index (χ1) is 12.0. The standard InChI is InChI=1S/C19H20ClNO4/c1-3-25-18(22)12-17(13-7-9-16(24-2)10-8-13)21-19(23)14-5-4-6-15(20)11-14/h4-11,17H,3,12H2,1-2H3,(H,21,23). The Kier molecular flexibility index (Phi) is 6.83. The van der Waals surface area contributed by atoms with E-state index in [-0.39, 0.29) is 24.9 Å². The predicted molar refractivity (Wildman–Crippen MR) is 95.9 cm³/mol. The van der Waals surface area contributed by atoms with Crippen molar-refractivity contribution in [1.29, 1.82) is 0 Å². The van der Waals surface area contributed by atoms with E-state index >= 15 is 0 Å². The Morgan fingerprint density at radius 3 is 2.48 bits per heavy atom. The average Bonchev–Trinajstić information content (AvgIpc) is 2.61. The summed E-state index contributed by atoms with van der Waals surface area (Å²) >= 11 is 5.93. The van der Waals surface area contributed by atoms with Crippen LogP contribution in [0.1, 0.15) is 35.3 Å². The number of rotatable bonds is 7. The van der Waals surface area contributed by atoms with Gasteiger partial charge in [0.25, 0.3) is 5.91 Å². The molecule has 0 aliphatic carbocycles. The summed E-state index contributed by atoms with van der Waals surface area (Å²) in [4.78, 5) is 24.4. The summed E-state index contributed by atoms with van der Waals surface area (Å²) in [5.74, 6) is 0.00197. The fourth-order valence-electron chi connectivity index (χ4n) is 2.35. The molecule has 0 saturated heterocycles. The monoisotopic (exact) mass is 361 g/mol. The van der Waals surface area contributed by atoms with Crippen LogP contribution in [0.2, 0.25) is 5.02 Å². The molecule has 0 aliphatic heterocycles. The molecule has 132 valence electrons. The van der Waals surface area contributed by atoms with Gasteiger partial charge in [-0.15, -0.1) is 0 Å². The topological polar surface area (TPSA) is 64.6 Å². The van der Waals surface area contributed by atoms with Gasteiger partial charge in [-0.05, 0) is 42.8 Å². The van der Waals surface area contributed by atoms with E-state index in [0.29, 0.717) is 16.3 Å². The molecule has 1 N–H and O–H groups in total. The van der Waals surface area contributed by atoms with Gasteiger partial charge in [-0.2, -0.15) is 0 Å². The van der Waals surface area contributed by atoms with Gasteiger partial charge in [0, 0.05) is 10.6 Å². The minimum absolute atomic E-state index is 0.0342. The maximum Gasteiger partial charge on any atom is 0.308 e. The molecule has 0 saturated carbocycles. The van der Waals surface area contributed by atoms with Crippen LogP contribution in [0.25, 0.3) is 0 Å². The van der Waals surface area contributed by atoms with Crippen molar-refractivity contribution in [1.82, 2.24) is 5.32 Å². The fourth-order valence-corrected chi connectivity index (χ4v) is 2.54. The zero-order valence-electron chi connectivity index (χ0n) is 14.1. The molecule has 5 nitrogen and oxygen atoms in total. The number of nitrogens with one attached hydrogen (secondary N) is 1. The van der Waals surface area contributed by atoms with Crippen molar-refractivity contribution in [3.05, 3.63) is 64.7 Å². The van der Waals surface area contributed by atoms with Gasteiger partial charge in [-0.3, -0.25) is 9.59 Å². The van der Waals surface area contributed by atoms with Gasteiger partial charge >= 0.3 is 5.97 Å². The van der Waals surface area contributed by atoms with Crippen LogP contribution in [0, 0.1) is 0 Å². The second-order valence-electron chi connectivity index (χ2n) is 5.32. The van der Waals surface area contributed by atoms with E-state index in [2.05, 4.69) is 5.32 Å². The Balaban J connectivity index is 2.20. The van der Waals surface area contributed by atoms with Crippen LogP contribution in [0.15, 0.2) is 48.5 Å². The molecule has 0 bridgehead atoms. The summed E-state index contributed by atoms with van der Waals surface area (Å²) in [6.45, 7) is 2.03. The number of benzene rings is 2. The summed E-state index contributed by atoms with van der Waals surface area (Å²) < 4.78 is 10.1. The molecule has 1 amide bonds. The summed E-state index contributed by atoms with van der Waals surface area (Å²) in [7, 11) is 1.58. The van der Waals surface area contributed by atoms with Gasteiger partial charge < -0.3 is 14.8 Å². The van der Waals surface area contributed by atoms with Crippen molar-refractivity contribution in [3.8, 4) is 5.75 Å². The molecular weight excluding hydrogens is 342 g/mol. The summed E-state index contributed by atoms with van der Waals surface area (Å²) in [6, 6.07) is 13.3. The third-order valence-electron chi connectivity index (χ3n) is 3.59. The van der Waals surface area contributed by atoms with Crippen LogP contribution < -0.4 is 10.1 Å². The zero-order valence-corrected chi connectivity index (χ0v) is 14.9. The Morgan fingerprint density at radius 2 is 1.88 bits per heavy atom. The summed E-state index contributed by atoms with van der Waals surface area (Å²) in [5, 5.41) is 3.34. The lowest BCUT2D eigenvalue weighted by Crippen LogP contribution is -2.30. The van der Waals surface area contributed by atoms with Crippen LogP contribution in [0.3, 0.4) is 0 Å². The predicted octanol–water partition coefficient (Wildman–Crippen LogP) is 3.77. The minimum Gasteiger partial charge on any atom is -0.497 e. The van der Waals surface area contributed by atoms with Crippen molar-refractivity contribution >= 4 is 23.5 Å². The van der Waals surface area contributed by atoms with E-state index in [9.17, 15) is 9.59 Å². The van der Waals surface area contributed by atoms with Crippen molar-refractivity contribution < 1.29 is 19.1 Å². The van der Waals surface area contributed by atoms with E-state index < -0.39 is 6.04 Å². The van der Waals surface area contributed by atoms with Crippen LogP contribution >= 0.6 is 11.6 Å². The highest BCUT2D eigenvalue weighted by atomic mass is 35.5. The zero-order chi connectivity index (χ0) is 18.2. The van der Waals surface area contributed by atoms with E-state index in [1.165, 1.54) is 0 Å². The van der Waals surface area contributed by atoms with Gasteiger partial charge in [0.15, 0.2) is 0 Å². The number of methoxy groups -OCH3 is 1. The lowest BCUT2D eigenvalue weighted by atomic mass is 10.0. The molecule has 1 unspecified atom stereocenters. The van der Waals surface area contributed by atoms with Gasteiger partial charge in [0.05, 0.1) is 26.2 Å². The maximum atomic E-state index is 12.5. The molecular formula is C19H20ClNO4. The second kappa shape index (κ2) is 9.08. The lowest BCUT2D eigenvalue weighted by molar-refractivity contribution is -0.143. The molecule has 0 aromatic heterocycles. The molecule has 1 atom stereocenters. The molecule has 0 spiro atoms. The molecule has 0 aliphatic rings. The highest BCUT2D eigenvalue weighted by Crippen LogP contribution is 2.22. The molecule has 0 fully saturated rings. The Bertz CT molecular complexity index is 730. The average molecular weight is 362 g/mol. The second-order valence-corrected chi connectivity index (χ2v) is 5.76. The minimum atomic E-state index is -0.517. The Morgan fingerprint density at radius 1 is 1.16 bits per heavy atom. The first-order valence-electron chi connectivity index (χ1n) is 7.89. The van der Waals surface area contributed by atoms with E-state index in [1.54, 1.807) is 62.6 Å². The summed E-state index contributed by atoms with van der Waals surface area (Å²) in [5.41, 5.74) is 1.21. The molecule has 0 heterocycles. The number of esters is 1. The molecule has 2 aromatic rings. The number of hydrogen-bond acceptors (Lipinski definition) is 4. The van der Waals surface area contributed by atoms with Crippen LogP contribution in [-0.4, -0.2) is 25.6 Å². The molecule has 0 radical (unpaired) electrons. The summed E-state index contributed by atoms with van der Waals surface area (Å²) in [6.07, 6.45) is 0.0342. The van der Waals surface area contributed by atoms with Crippen LogP contribution in [0.5, 0.6) is 5.75 Å². The Labute approximate surface area is 151 Å². The Hall–Kier alpha value is -2.53. The number of carbonyl (C=O) groups excluding carboxylic acids is 2. The van der Waals surface area contributed by atoms with Gasteiger partial charge in [-0.1, -0.05) is 29.8 Å². The van der Waals surface area contributed by atoms with Crippen molar-refractivity contribution in [2.75, 3.05) is 13.7 Å². The quantitative estimate of drug-likeness (QED) is 0.762. The van der Waals surface area contributed by atoms with Gasteiger partial charge in [0.2, 0.25) is 0 Å². The fraction of sp³-hybridized carbons (Fsp3) is 0.263. The first kappa shape index (κ1) is 18.8. The first-order valence-corrected chi connectivity index (χ1v) is 8.27. The maximum absolute atomic E-state index is 12.5. The number of amides is 1. The molecule has 6 heteroatoms. The smallest absolute Gasteiger partial charge is 0.308 e. The van der Waals surface area contributed by atoms with Gasteiger partial charge in [0.1, 0.15) is 5.75 Å². The normalized spacial score (nSPS) is 11.5. The molecule has 2 rings (SSSR count). The molecule has 2 aromatic carbocycles. The van der Waals surface area contributed by atoms with Crippen LogP contribution in [-0.2, 0) is 9.53 Å². The largest absolute Gasteiger partial charge is 0.497 e. The highest BCUT2D eigenvalue weighted by Gasteiger charge is 2.20. The number of halogens is 1. The van der Waals surface area contributed by atoms with Crippen molar-refractivity contribution in [2.24, 2.45) is 0 Å². The third kappa shape index (κ3) is 5.50. The third-order valence-corrected chi connectivity index (χ3v) is 3.82. The van der Waals surface area contributed by atoms with E-state index in [4.69, 9.17) is 21.1 Å². The van der Waals surface area contributed by atoms with E-state index in [1.807, 2.05) is 0 Å². The SMILES string of the molecule is CCOC(=O)CC(NC(=O)c1cccc(Cl)c1)c1ccc(OC)cc1. The molecule has 25 heavy (non-hydrogen) atoms. The van der Waals surface area contributed by atoms with Crippen molar-refractivity contribution in [2.45, 2.75) is 19.4 Å².